The molecular formula is C11H17BN2O2. The minimum atomic E-state index is -1.42. The number of hydrogen-bond donors (Lipinski definition) is 3. The Morgan fingerprint density at radius 3 is 2.69 bits per heavy atom. The van der Waals surface area contributed by atoms with Crippen molar-refractivity contribution in [2.45, 2.75) is 38.1 Å². The van der Waals surface area contributed by atoms with Crippen LogP contribution in [0.25, 0.3) is 0 Å². The number of nitrogens with zero attached hydrogens (tertiary/aromatic N) is 1. The maximum absolute atomic E-state index is 9.05. The molecule has 5 heteroatoms. The summed E-state index contributed by atoms with van der Waals surface area (Å²) < 4.78 is 0. The van der Waals surface area contributed by atoms with Gasteiger partial charge in [-0.15, -0.1) is 0 Å². The molecule has 3 N–H and O–H groups in total. The van der Waals surface area contributed by atoms with E-state index in [-0.39, 0.29) is 0 Å². The second-order valence-corrected chi connectivity index (χ2v) is 4.33. The van der Waals surface area contributed by atoms with E-state index in [4.69, 9.17) is 10.0 Å². The summed E-state index contributed by atoms with van der Waals surface area (Å²) in [6.45, 7) is 0. The van der Waals surface area contributed by atoms with Crippen LogP contribution in [0.15, 0.2) is 18.3 Å². The molecule has 0 spiro atoms. The molecule has 0 radical (unpaired) electrons. The van der Waals surface area contributed by atoms with Gasteiger partial charge in [0.25, 0.3) is 0 Å². The van der Waals surface area contributed by atoms with Gasteiger partial charge in [-0.2, -0.15) is 0 Å². The summed E-state index contributed by atoms with van der Waals surface area (Å²) in [7, 11) is -1.42. The van der Waals surface area contributed by atoms with Gasteiger partial charge in [0.1, 0.15) is 5.82 Å². The first-order chi connectivity index (χ1) is 7.75. The standard InChI is InChI=1S/C11H17BN2O2/c15-12(16)9-6-7-13-11(8-9)14-10-4-2-1-3-5-10/h6-8,10,15-16H,1-5H2,(H,13,14). The van der Waals surface area contributed by atoms with Gasteiger partial charge in [-0.1, -0.05) is 19.3 Å². The molecular weight excluding hydrogens is 203 g/mol. The lowest BCUT2D eigenvalue weighted by molar-refractivity contribution is 0.425. The summed E-state index contributed by atoms with van der Waals surface area (Å²) in [5.41, 5.74) is 0.480. The van der Waals surface area contributed by atoms with Gasteiger partial charge in [0.15, 0.2) is 0 Å². The predicted octanol–water partition coefficient (Wildman–Crippen LogP) is 0.506. The fourth-order valence-electron chi connectivity index (χ4n) is 2.14. The average Bonchev–Trinajstić information content (AvgIpc) is 2.30. The van der Waals surface area contributed by atoms with Crippen LogP contribution in [0.5, 0.6) is 0 Å². The van der Waals surface area contributed by atoms with Crippen molar-refractivity contribution in [3.63, 3.8) is 0 Å². The lowest BCUT2D eigenvalue weighted by Crippen LogP contribution is -2.31. The molecule has 0 saturated heterocycles. The molecule has 0 amide bonds. The van der Waals surface area contributed by atoms with Crippen LogP contribution in [0, 0.1) is 0 Å². The molecule has 0 unspecified atom stereocenters. The van der Waals surface area contributed by atoms with Crippen LogP contribution in [0.1, 0.15) is 32.1 Å². The van der Waals surface area contributed by atoms with Crippen LogP contribution >= 0.6 is 0 Å². The smallest absolute Gasteiger partial charge is 0.423 e. The fourth-order valence-corrected chi connectivity index (χ4v) is 2.14. The van der Waals surface area contributed by atoms with Crippen molar-refractivity contribution in [3.05, 3.63) is 18.3 Å². The Balaban J connectivity index is 2.00. The van der Waals surface area contributed by atoms with Crippen molar-refractivity contribution in [1.82, 2.24) is 4.98 Å². The molecule has 1 aromatic heterocycles. The van der Waals surface area contributed by atoms with Gasteiger partial charge in [-0.05, 0) is 30.4 Å². The number of anilines is 1. The second-order valence-electron chi connectivity index (χ2n) is 4.33. The molecule has 0 atom stereocenters. The van der Waals surface area contributed by atoms with E-state index >= 15 is 0 Å². The van der Waals surface area contributed by atoms with E-state index in [9.17, 15) is 0 Å². The fraction of sp³-hybridized carbons (Fsp3) is 0.545. The Labute approximate surface area is 95.9 Å². The lowest BCUT2D eigenvalue weighted by atomic mass is 9.81. The SMILES string of the molecule is OB(O)c1ccnc(NC2CCCCC2)c1. The average molecular weight is 220 g/mol. The first-order valence-electron chi connectivity index (χ1n) is 5.84. The predicted molar refractivity (Wildman–Crippen MR) is 64.6 cm³/mol. The van der Waals surface area contributed by atoms with E-state index in [0.717, 1.165) is 5.82 Å². The Hall–Kier alpha value is -1.07. The molecule has 1 saturated carbocycles. The molecule has 1 heterocycles. The largest absolute Gasteiger partial charge is 0.488 e. The van der Waals surface area contributed by atoms with Crippen LogP contribution in [-0.4, -0.2) is 28.2 Å². The number of rotatable bonds is 3. The molecule has 0 bridgehead atoms. The highest BCUT2D eigenvalue weighted by Crippen LogP contribution is 2.20. The van der Waals surface area contributed by atoms with Gasteiger partial charge >= 0.3 is 7.12 Å². The van der Waals surface area contributed by atoms with Crippen molar-refractivity contribution in [3.8, 4) is 0 Å². The van der Waals surface area contributed by atoms with E-state index in [1.54, 1.807) is 18.3 Å². The molecule has 0 aliphatic heterocycles. The zero-order chi connectivity index (χ0) is 11.4. The molecule has 86 valence electrons. The van der Waals surface area contributed by atoms with E-state index < -0.39 is 7.12 Å². The Kier molecular flexibility index (Phi) is 3.80. The van der Waals surface area contributed by atoms with E-state index in [2.05, 4.69) is 10.3 Å². The zero-order valence-electron chi connectivity index (χ0n) is 9.26. The highest BCUT2D eigenvalue weighted by Gasteiger charge is 2.15. The summed E-state index contributed by atoms with van der Waals surface area (Å²) in [6.07, 6.45) is 7.79. The van der Waals surface area contributed by atoms with Crippen molar-refractivity contribution in [2.24, 2.45) is 0 Å². The quantitative estimate of drug-likeness (QED) is 0.649. The third kappa shape index (κ3) is 2.96. The van der Waals surface area contributed by atoms with Gasteiger partial charge < -0.3 is 15.4 Å². The van der Waals surface area contributed by atoms with Crippen molar-refractivity contribution >= 4 is 18.4 Å². The summed E-state index contributed by atoms with van der Waals surface area (Å²) in [5, 5.41) is 21.5. The summed E-state index contributed by atoms with van der Waals surface area (Å²) >= 11 is 0. The van der Waals surface area contributed by atoms with E-state index in [1.807, 2.05) is 0 Å². The third-order valence-corrected chi connectivity index (χ3v) is 3.04. The third-order valence-electron chi connectivity index (χ3n) is 3.04. The van der Waals surface area contributed by atoms with Crippen molar-refractivity contribution in [1.29, 1.82) is 0 Å². The molecule has 16 heavy (non-hydrogen) atoms. The van der Waals surface area contributed by atoms with Gasteiger partial charge in [0.2, 0.25) is 0 Å². The number of hydrogen-bond acceptors (Lipinski definition) is 4. The monoisotopic (exact) mass is 220 g/mol. The molecule has 1 aromatic rings. The van der Waals surface area contributed by atoms with Gasteiger partial charge in [0.05, 0.1) is 0 Å². The number of pyridine rings is 1. The Morgan fingerprint density at radius 2 is 2.00 bits per heavy atom. The summed E-state index contributed by atoms with van der Waals surface area (Å²) in [5.74, 6) is 0.734. The highest BCUT2D eigenvalue weighted by molar-refractivity contribution is 6.58. The minimum Gasteiger partial charge on any atom is -0.423 e. The number of nitrogens with one attached hydrogen (secondary N) is 1. The summed E-state index contributed by atoms with van der Waals surface area (Å²) in [6, 6.07) is 3.78. The van der Waals surface area contributed by atoms with E-state index in [0.29, 0.717) is 11.5 Å². The normalized spacial score (nSPS) is 17.1. The maximum atomic E-state index is 9.05. The van der Waals surface area contributed by atoms with Gasteiger partial charge in [0, 0.05) is 12.2 Å². The first-order valence-corrected chi connectivity index (χ1v) is 5.84. The topological polar surface area (TPSA) is 65.4 Å². The zero-order valence-corrected chi connectivity index (χ0v) is 9.26. The first kappa shape index (κ1) is 11.4. The summed E-state index contributed by atoms with van der Waals surface area (Å²) in [4.78, 5) is 4.18. The minimum absolute atomic E-state index is 0.479. The van der Waals surface area contributed by atoms with Crippen molar-refractivity contribution in [2.75, 3.05) is 5.32 Å². The van der Waals surface area contributed by atoms with Crippen LogP contribution < -0.4 is 10.8 Å². The van der Waals surface area contributed by atoms with Crippen LogP contribution in [0.4, 0.5) is 5.82 Å². The van der Waals surface area contributed by atoms with Crippen molar-refractivity contribution < 1.29 is 10.0 Å². The Bertz CT molecular complexity index is 341. The molecule has 4 nitrogen and oxygen atoms in total. The highest BCUT2D eigenvalue weighted by atomic mass is 16.4. The Morgan fingerprint density at radius 1 is 1.25 bits per heavy atom. The van der Waals surface area contributed by atoms with E-state index in [1.165, 1.54) is 32.1 Å². The number of aromatic nitrogens is 1. The van der Waals surface area contributed by atoms with Crippen LogP contribution in [-0.2, 0) is 0 Å². The van der Waals surface area contributed by atoms with Gasteiger partial charge in [-0.25, -0.2) is 4.98 Å². The van der Waals surface area contributed by atoms with Crippen LogP contribution in [0.3, 0.4) is 0 Å². The van der Waals surface area contributed by atoms with Crippen LogP contribution in [0.2, 0.25) is 0 Å². The molecule has 1 aliphatic carbocycles. The lowest BCUT2D eigenvalue weighted by Gasteiger charge is -2.23. The molecule has 0 aromatic carbocycles. The maximum Gasteiger partial charge on any atom is 0.488 e. The molecule has 2 rings (SSSR count). The second kappa shape index (κ2) is 5.32. The molecule has 1 fully saturated rings. The molecule has 1 aliphatic rings. The van der Waals surface area contributed by atoms with Gasteiger partial charge in [-0.3, -0.25) is 0 Å².